The van der Waals surface area contributed by atoms with E-state index in [2.05, 4.69) is 56.3 Å². The van der Waals surface area contributed by atoms with Crippen LogP contribution in [0.1, 0.15) is 29.7 Å². The van der Waals surface area contributed by atoms with Gasteiger partial charge in [-0.1, -0.05) is 48.0 Å². The van der Waals surface area contributed by atoms with Gasteiger partial charge in [-0.15, -0.1) is 0 Å². The molecule has 3 aromatic heterocycles. The Morgan fingerprint density at radius 2 is 1.93 bits per heavy atom. The minimum Gasteiger partial charge on any atom is -0.369 e. The molecule has 5 aromatic rings. The first-order chi connectivity index (χ1) is 19.4. The lowest BCUT2D eigenvalue weighted by atomic mass is 10.1. The van der Waals surface area contributed by atoms with Crippen LogP contribution in [0.4, 0.5) is 5.82 Å². The molecule has 6 rings (SSSR count). The third-order valence-electron chi connectivity index (χ3n) is 6.68. The maximum Gasteiger partial charge on any atom is 0.221 e. The average Bonchev–Trinajstić information content (AvgIpc) is 3.51. The van der Waals surface area contributed by atoms with Gasteiger partial charge in [0, 0.05) is 36.6 Å². The molecule has 204 valence electrons. The van der Waals surface area contributed by atoms with E-state index in [1.54, 1.807) is 6.20 Å². The van der Waals surface area contributed by atoms with Gasteiger partial charge >= 0.3 is 0 Å². The van der Waals surface area contributed by atoms with E-state index < -0.39 is 0 Å². The van der Waals surface area contributed by atoms with Crippen LogP contribution >= 0.6 is 0 Å². The van der Waals surface area contributed by atoms with E-state index in [1.165, 1.54) is 18.4 Å². The van der Waals surface area contributed by atoms with E-state index in [4.69, 9.17) is 10.7 Å². The van der Waals surface area contributed by atoms with Crippen molar-refractivity contribution in [3.8, 4) is 22.5 Å². The predicted octanol–water partition coefficient (Wildman–Crippen LogP) is 3.64. The third kappa shape index (κ3) is 6.35. The van der Waals surface area contributed by atoms with Gasteiger partial charge in [0.2, 0.25) is 12.3 Å². The van der Waals surface area contributed by atoms with E-state index >= 15 is 0 Å². The Balaban J connectivity index is 0.000000477. The van der Waals surface area contributed by atoms with Crippen LogP contribution in [0.5, 0.6) is 0 Å². The lowest BCUT2D eigenvalue weighted by Crippen LogP contribution is -2.13. The molecule has 10 nitrogen and oxygen atoms in total. The molecule has 1 saturated carbocycles. The summed E-state index contributed by atoms with van der Waals surface area (Å²) < 4.78 is 3.88. The summed E-state index contributed by atoms with van der Waals surface area (Å²) in [6.45, 7) is 2.62. The molecule has 0 atom stereocenters. The van der Waals surface area contributed by atoms with Crippen molar-refractivity contribution in [2.45, 2.75) is 38.8 Å². The van der Waals surface area contributed by atoms with Gasteiger partial charge in [-0.2, -0.15) is 5.10 Å². The van der Waals surface area contributed by atoms with E-state index in [0.717, 1.165) is 45.8 Å². The molecular formula is C30H32N8O2. The number of nitrogens with zero attached hydrogens (tertiary/aromatic N) is 5. The number of hydrogen-bond acceptors (Lipinski definition) is 6. The maximum atomic E-state index is 11.4. The number of imidazole rings is 1. The van der Waals surface area contributed by atoms with Crippen LogP contribution in [-0.2, 0) is 29.6 Å². The summed E-state index contributed by atoms with van der Waals surface area (Å²) in [6.07, 6.45) is 8.92. The highest BCUT2D eigenvalue weighted by atomic mass is 16.1. The summed E-state index contributed by atoms with van der Waals surface area (Å²) in [5.41, 5.74) is 12.9. The fourth-order valence-electron chi connectivity index (χ4n) is 4.32. The summed E-state index contributed by atoms with van der Waals surface area (Å²) in [5, 5.41) is 10.3. The summed E-state index contributed by atoms with van der Waals surface area (Å²) >= 11 is 0. The van der Waals surface area contributed by atoms with Gasteiger partial charge in [-0.25, -0.2) is 9.97 Å². The Morgan fingerprint density at radius 3 is 2.58 bits per heavy atom. The number of primary amides is 1. The zero-order chi connectivity index (χ0) is 28.1. The first-order valence-corrected chi connectivity index (χ1v) is 13.1. The van der Waals surface area contributed by atoms with Crippen molar-refractivity contribution < 1.29 is 9.59 Å². The topological polar surface area (TPSA) is 132 Å². The minimum atomic E-state index is -0.365. The van der Waals surface area contributed by atoms with Gasteiger partial charge in [0.25, 0.3) is 0 Å². The van der Waals surface area contributed by atoms with Crippen LogP contribution in [0.3, 0.4) is 0 Å². The molecule has 0 bridgehead atoms. The number of fused-ring (bicyclic) bond motifs is 1. The normalized spacial score (nSPS) is 12.4. The van der Waals surface area contributed by atoms with Crippen LogP contribution in [0, 0.1) is 6.92 Å². The van der Waals surface area contributed by atoms with Gasteiger partial charge < -0.3 is 16.4 Å². The summed E-state index contributed by atoms with van der Waals surface area (Å²) in [5.74, 6) is 0.299. The second-order valence-electron chi connectivity index (χ2n) is 9.88. The fraction of sp³-hybridized carbons (Fsp3) is 0.233. The largest absolute Gasteiger partial charge is 0.369 e. The van der Waals surface area contributed by atoms with Crippen LogP contribution in [0.2, 0.25) is 0 Å². The Bertz CT molecular complexity index is 1630. The van der Waals surface area contributed by atoms with Gasteiger partial charge in [-0.3, -0.25) is 18.7 Å². The van der Waals surface area contributed by atoms with Crippen molar-refractivity contribution in [2.24, 2.45) is 12.8 Å². The molecule has 4 N–H and O–H groups in total. The molecule has 1 aliphatic carbocycles. The molecule has 1 fully saturated rings. The number of amides is 2. The Labute approximate surface area is 232 Å². The molecule has 40 heavy (non-hydrogen) atoms. The molecule has 2 amide bonds. The van der Waals surface area contributed by atoms with Crippen LogP contribution in [-0.4, -0.2) is 42.5 Å². The molecule has 0 spiro atoms. The smallest absolute Gasteiger partial charge is 0.221 e. The SMILES string of the molecule is Cc1ccc(-c2cnc3c(NCc4ccnn4C)nc(-c4cccc(CC(N)=O)c4)cn23)cc1.O=CNC1CC1. The van der Waals surface area contributed by atoms with E-state index in [9.17, 15) is 9.59 Å². The van der Waals surface area contributed by atoms with Gasteiger partial charge in [0.05, 0.1) is 36.2 Å². The molecule has 0 aliphatic heterocycles. The Hall–Kier alpha value is -4.99. The van der Waals surface area contributed by atoms with Crippen molar-refractivity contribution in [2.75, 3.05) is 5.32 Å². The summed E-state index contributed by atoms with van der Waals surface area (Å²) in [7, 11) is 1.91. The standard InChI is InChI=1S/C26H25N7O.C4H7NO/c1-17-6-8-19(9-7-17)23-15-29-26-25(28-14-21-10-11-30-32(21)2)31-22(16-33(23)26)20-5-3-4-18(12-20)13-24(27)34;6-3-5-4-1-2-4/h3-12,15-16H,13-14H2,1-2H3,(H2,27,34)(H,28,31);3-4H,1-2H2,(H,5,6). The van der Waals surface area contributed by atoms with Crippen LogP contribution < -0.4 is 16.4 Å². The van der Waals surface area contributed by atoms with Crippen molar-refractivity contribution in [1.29, 1.82) is 0 Å². The van der Waals surface area contributed by atoms with E-state index in [-0.39, 0.29) is 12.3 Å². The van der Waals surface area contributed by atoms with E-state index in [0.29, 0.717) is 18.4 Å². The third-order valence-corrected chi connectivity index (χ3v) is 6.68. The van der Waals surface area contributed by atoms with Crippen molar-refractivity contribution in [3.05, 3.63) is 90.0 Å². The molecular weight excluding hydrogens is 504 g/mol. The maximum absolute atomic E-state index is 11.4. The molecule has 3 heterocycles. The Morgan fingerprint density at radius 1 is 1.12 bits per heavy atom. The lowest BCUT2D eigenvalue weighted by molar-refractivity contribution is -0.117. The summed E-state index contributed by atoms with van der Waals surface area (Å²) in [6, 6.07) is 18.6. The zero-order valence-corrected chi connectivity index (χ0v) is 22.5. The number of rotatable bonds is 9. The molecule has 1 aliphatic rings. The molecule has 10 heteroatoms. The highest BCUT2D eigenvalue weighted by Gasteiger charge is 2.19. The van der Waals surface area contributed by atoms with Gasteiger partial charge in [0.15, 0.2) is 11.5 Å². The molecule has 0 unspecified atom stereocenters. The highest BCUT2D eigenvalue weighted by Crippen LogP contribution is 2.28. The minimum absolute atomic E-state index is 0.182. The van der Waals surface area contributed by atoms with Crippen LogP contribution in [0.15, 0.2) is 73.2 Å². The number of nitrogens with one attached hydrogen (secondary N) is 2. The quantitative estimate of drug-likeness (QED) is 0.247. The van der Waals surface area contributed by atoms with Crippen molar-refractivity contribution in [1.82, 2.24) is 29.5 Å². The van der Waals surface area contributed by atoms with Crippen molar-refractivity contribution in [3.63, 3.8) is 0 Å². The lowest BCUT2D eigenvalue weighted by Gasteiger charge is -2.12. The number of anilines is 1. The zero-order valence-electron chi connectivity index (χ0n) is 22.5. The monoisotopic (exact) mass is 536 g/mol. The first-order valence-electron chi connectivity index (χ1n) is 13.1. The Kier molecular flexibility index (Phi) is 7.86. The highest BCUT2D eigenvalue weighted by molar-refractivity contribution is 5.78. The number of aryl methyl sites for hydroxylation is 2. The second-order valence-corrected chi connectivity index (χ2v) is 9.88. The number of carbonyl (C=O) groups excluding carboxylic acids is 2. The fourth-order valence-corrected chi connectivity index (χ4v) is 4.32. The average molecular weight is 537 g/mol. The number of nitrogens with two attached hydrogens (primary N) is 1. The van der Waals surface area contributed by atoms with Crippen molar-refractivity contribution >= 4 is 23.8 Å². The predicted molar refractivity (Wildman–Crippen MR) is 154 cm³/mol. The second kappa shape index (κ2) is 11.8. The number of hydrogen-bond donors (Lipinski definition) is 3. The molecule has 0 saturated heterocycles. The number of aromatic nitrogens is 5. The molecule has 0 radical (unpaired) electrons. The number of benzene rings is 2. The van der Waals surface area contributed by atoms with E-state index in [1.807, 2.05) is 54.5 Å². The van der Waals surface area contributed by atoms with Gasteiger partial charge in [-0.05, 0) is 37.5 Å². The van der Waals surface area contributed by atoms with Gasteiger partial charge in [0.1, 0.15) is 0 Å². The summed E-state index contributed by atoms with van der Waals surface area (Å²) in [4.78, 5) is 30.6. The molecule has 2 aromatic carbocycles. The first kappa shape index (κ1) is 26.6. The number of carbonyl (C=O) groups is 2. The van der Waals surface area contributed by atoms with Crippen LogP contribution in [0.25, 0.3) is 28.2 Å².